The highest BCUT2D eigenvalue weighted by Crippen LogP contribution is 2.12. The van der Waals surface area contributed by atoms with Crippen molar-refractivity contribution in [2.75, 3.05) is 39.3 Å². The van der Waals surface area contributed by atoms with E-state index in [0.29, 0.717) is 26.4 Å². The third-order valence-electron chi connectivity index (χ3n) is 3.74. The Morgan fingerprint density at radius 2 is 1.81 bits per heavy atom. The summed E-state index contributed by atoms with van der Waals surface area (Å²) in [5, 5.41) is 5.70. The van der Waals surface area contributed by atoms with Gasteiger partial charge in [0.25, 0.3) is 0 Å². The summed E-state index contributed by atoms with van der Waals surface area (Å²) in [4.78, 5) is 12.0. The topological polar surface area (TPSA) is 68.8 Å². The molecule has 26 heavy (non-hydrogen) atoms. The number of anilines is 1. The van der Waals surface area contributed by atoms with Gasteiger partial charge in [0.05, 0.1) is 26.9 Å². The molecule has 6 nitrogen and oxygen atoms in total. The fourth-order valence-corrected chi connectivity index (χ4v) is 2.36. The molecule has 0 heterocycles. The Hall–Kier alpha value is -2.57. The number of carbonyl (C=O) groups excluding carboxylic acids is 1. The maximum atomic E-state index is 12.0. The van der Waals surface area contributed by atoms with Crippen LogP contribution in [0.3, 0.4) is 0 Å². The molecule has 0 unspecified atom stereocenters. The zero-order valence-electron chi connectivity index (χ0n) is 15.3. The fraction of sp³-hybridized carbons (Fsp3) is 0.350. The lowest BCUT2D eigenvalue weighted by Gasteiger charge is -2.10. The van der Waals surface area contributed by atoms with Gasteiger partial charge in [-0.2, -0.15) is 0 Å². The molecule has 2 N–H and O–H groups in total. The van der Waals surface area contributed by atoms with E-state index in [9.17, 15) is 4.79 Å². The first kappa shape index (κ1) is 19.8. The second kappa shape index (κ2) is 11.1. The Kier molecular flexibility index (Phi) is 8.45. The lowest BCUT2D eigenvalue weighted by Crippen LogP contribution is -2.30. The zero-order chi connectivity index (χ0) is 18.6. The predicted molar refractivity (Wildman–Crippen MR) is 102 cm³/mol. The van der Waals surface area contributed by atoms with Crippen molar-refractivity contribution in [1.82, 2.24) is 5.32 Å². The van der Waals surface area contributed by atoms with Crippen LogP contribution >= 0.6 is 0 Å². The summed E-state index contributed by atoms with van der Waals surface area (Å²) >= 11 is 0. The van der Waals surface area contributed by atoms with E-state index in [4.69, 9.17) is 14.2 Å². The molecule has 2 amide bonds. The monoisotopic (exact) mass is 358 g/mol. The molecular formula is C20H26N2O4. The van der Waals surface area contributed by atoms with Gasteiger partial charge in [0.2, 0.25) is 0 Å². The highest BCUT2D eigenvalue weighted by atomic mass is 16.5. The lowest BCUT2D eigenvalue weighted by atomic mass is 10.1. The second-order valence-corrected chi connectivity index (χ2v) is 5.72. The molecule has 0 aliphatic heterocycles. The Bertz CT molecular complexity index is 674. The first-order chi connectivity index (χ1) is 12.7. The summed E-state index contributed by atoms with van der Waals surface area (Å²) < 4.78 is 15.6. The van der Waals surface area contributed by atoms with Crippen molar-refractivity contribution in [1.29, 1.82) is 0 Å². The number of hydrogen-bond acceptors (Lipinski definition) is 4. The molecule has 6 heteroatoms. The first-order valence-corrected chi connectivity index (χ1v) is 8.54. The molecule has 0 radical (unpaired) electrons. The molecular weight excluding hydrogens is 332 g/mol. The Morgan fingerprint density at radius 3 is 2.54 bits per heavy atom. The molecule has 0 atom stereocenters. The minimum atomic E-state index is -0.226. The summed E-state index contributed by atoms with van der Waals surface area (Å²) in [5.74, 6) is 0.825. The van der Waals surface area contributed by atoms with E-state index in [1.165, 1.54) is 0 Å². The van der Waals surface area contributed by atoms with Crippen LogP contribution in [0.1, 0.15) is 11.1 Å². The number of ether oxygens (including phenoxy) is 3. The number of nitrogens with one attached hydrogen (secondary N) is 2. The van der Waals surface area contributed by atoms with Gasteiger partial charge in [0, 0.05) is 19.3 Å². The molecule has 2 aromatic carbocycles. The van der Waals surface area contributed by atoms with Crippen molar-refractivity contribution in [3.8, 4) is 5.75 Å². The van der Waals surface area contributed by atoms with Crippen LogP contribution in [-0.2, 0) is 22.5 Å². The van der Waals surface area contributed by atoms with Crippen molar-refractivity contribution >= 4 is 11.7 Å². The number of rotatable bonds is 10. The molecule has 0 bridgehead atoms. The molecule has 0 spiro atoms. The number of urea groups is 1. The lowest BCUT2D eigenvalue weighted by molar-refractivity contribution is 0.0617. The molecule has 0 saturated carbocycles. The van der Waals surface area contributed by atoms with E-state index >= 15 is 0 Å². The fourth-order valence-electron chi connectivity index (χ4n) is 2.36. The number of hydrogen-bond donors (Lipinski definition) is 2. The van der Waals surface area contributed by atoms with E-state index in [2.05, 4.69) is 10.6 Å². The molecule has 2 rings (SSSR count). The average Bonchev–Trinajstić information content (AvgIpc) is 2.66. The highest BCUT2D eigenvalue weighted by Gasteiger charge is 2.03. The van der Waals surface area contributed by atoms with Gasteiger partial charge in [0.1, 0.15) is 5.75 Å². The Labute approximate surface area is 154 Å². The van der Waals surface area contributed by atoms with E-state index in [1.54, 1.807) is 14.2 Å². The molecule has 0 saturated heterocycles. The molecule has 0 aromatic heterocycles. The molecule has 140 valence electrons. The third kappa shape index (κ3) is 7.13. The summed E-state index contributed by atoms with van der Waals surface area (Å²) in [6.07, 6.45) is 0.755. The van der Waals surface area contributed by atoms with E-state index in [-0.39, 0.29) is 6.03 Å². The number of benzene rings is 2. The van der Waals surface area contributed by atoms with Crippen molar-refractivity contribution < 1.29 is 19.0 Å². The van der Waals surface area contributed by atoms with Gasteiger partial charge in [-0.15, -0.1) is 0 Å². The minimum absolute atomic E-state index is 0.226. The molecule has 0 fully saturated rings. The number of methoxy groups -OCH3 is 2. The quantitative estimate of drug-likeness (QED) is 0.640. The molecule has 2 aromatic rings. The van der Waals surface area contributed by atoms with Crippen molar-refractivity contribution in [2.45, 2.75) is 13.0 Å². The van der Waals surface area contributed by atoms with Crippen LogP contribution in [0.15, 0.2) is 48.5 Å². The van der Waals surface area contributed by atoms with Gasteiger partial charge in [0.15, 0.2) is 0 Å². The third-order valence-corrected chi connectivity index (χ3v) is 3.74. The van der Waals surface area contributed by atoms with Crippen molar-refractivity contribution in [2.24, 2.45) is 0 Å². The van der Waals surface area contributed by atoms with Crippen molar-refractivity contribution in [3.05, 3.63) is 59.7 Å². The largest absolute Gasteiger partial charge is 0.497 e. The van der Waals surface area contributed by atoms with Crippen LogP contribution in [-0.4, -0.2) is 40.0 Å². The summed E-state index contributed by atoms with van der Waals surface area (Å²) in [6.45, 7) is 2.14. The van der Waals surface area contributed by atoms with Gasteiger partial charge in [-0.3, -0.25) is 0 Å². The van der Waals surface area contributed by atoms with Crippen LogP contribution in [0.5, 0.6) is 5.75 Å². The Balaban J connectivity index is 1.72. The van der Waals surface area contributed by atoms with Crippen LogP contribution < -0.4 is 15.4 Å². The smallest absolute Gasteiger partial charge is 0.319 e. The maximum Gasteiger partial charge on any atom is 0.319 e. The van der Waals surface area contributed by atoms with Crippen LogP contribution in [0.4, 0.5) is 10.5 Å². The Morgan fingerprint density at radius 1 is 1.00 bits per heavy atom. The van der Waals surface area contributed by atoms with Gasteiger partial charge < -0.3 is 24.8 Å². The van der Waals surface area contributed by atoms with Gasteiger partial charge >= 0.3 is 6.03 Å². The SMILES string of the molecule is COCCOCc1cccc(NC(=O)NCCc2ccc(OC)cc2)c1. The van der Waals surface area contributed by atoms with Crippen LogP contribution in [0.25, 0.3) is 0 Å². The van der Waals surface area contributed by atoms with Crippen molar-refractivity contribution in [3.63, 3.8) is 0 Å². The first-order valence-electron chi connectivity index (χ1n) is 8.54. The normalized spacial score (nSPS) is 10.4. The standard InChI is InChI=1S/C20H26N2O4/c1-24-12-13-26-15-17-4-3-5-18(14-17)22-20(23)21-11-10-16-6-8-19(25-2)9-7-16/h3-9,14H,10-13,15H2,1-2H3,(H2,21,22,23). The average molecular weight is 358 g/mol. The van der Waals surface area contributed by atoms with Crippen LogP contribution in [0, 0.1) is 0 Å². The number of carbonyl (C=O) groups is 1. The van der Waals surface area contributed by atoms with Gasteiger partial charge in [-0.25, -0.2) is 4.79 Å². The maximum absolute atomic E-state index is 12.0. The van der Waals surface area contributed by atoms with Gasteiger partial charge in [-0.1, -0.05) is 24.3 Å². The zero-order valence-corrected chi connectivity index (χ0v) is 15.3. The highest BCUT2D eigenvalue weighted by molar-refractivity contribution is 5.89. The van der Waals surface area contributed by atoms with E-state index in [1.807, 2.05) is 48.5 Å². The molecule has 0 aliphatic rings. The molecule has 0 aliphatic carbocycles. The number of amides is 2. The minimum Gasteiger partial charge on any atom is -0.497 e. The summed E-state index contributed by atoms with van der Waals surface area (Å²) in [6, 6.07) is 15.2. The second-order valence-electron chi connectivity index (χ2n) is 5.72. The predicted octanol–water partition coefficient (Wildman–Crippen LogP) is 3.22. The van der Waals surface area contributed by atoms with E-state index < -0.39 is 0 Å². The summed E-state index contributed by atoms with van der Waals surface area (Å²) in [5.41, 5.74) is 2.87. The van der Waals surface area contributed by atoms with Gasteiger partial charge in [-0.05, 0) is 41.8 Å². The summed E-state index contributed by atoms with van der Waals surface area (Å²) in [7, 11) is 3.28. The van der Waals surface area contributed by atoms with Crippen LogP contribution in [0.2, 0.25) is 0 Å². The van der Waals surface area contributed by atoms with E-state index in [0.717, 1.165) is 29.0 Å².